The molecule has 0 radical (unpaired) electrons. The van der Waals surface area contributed by atoms with Crippen LogP contribution in [0.4, 0.5) is 11.6 Å². The van der Waals surface area contributed by atoms with Gasteiger partial charge in [-0.1, -0.05) is 0 Å². The predicted molar refractivity (Wildman–Crippen MR) is 121 cm³/mol. The van der Waals surface area contributed by atoms with Crippen LogP contribution in [-0.4, -0.2) is 56.5 Å². The summed E-state index contributed by atoms with van der Waals surface area (Å²) in [7, 11) is 1.94. The maximum atomic E-state index is 12.7. The van der Waals surface area contributed by atoms with Gasteiger partial charge in [0, 0.05) is 42.6 Å². The van der Waals surface area contributed by atoms with Gasteiger partial charge < -0.3 is 20.1 Å². The molecule has 8 heteroatoms. The van der Waals surface area contributed by atoms with Gasteiger partial charge in [-0.25, -0.2) is 15.0 Å². The lowest BCUT2D eigenvalue weighted by atomic mass is 10.2. The monoisotopic (exact) mass is 419 g/mol. The molecule has 1 aliphatic rings. The predicted octanol–water partition coefficient (Wildman–Crippen LogP) is 3.41. The van der Waals surface area contributed by atoms with Gasteiger partial charge in [0.2, 0.25) is 5.95 Å². The largest absolute Gasteiger partial charge is 0.337 e. The molecule has 0 saturated carbocycles. The number of aryl methyl sites for hydroxylation is 1. The molecule has 4 rings (SSSR count). The van der Waals surface area contributed by atoms with Crippen LogP contribution in [0.3, 0.4) is 0 Å². The SMILES string of the molecule is CN[C@@H]1CCN(C(=O)c2ccc(Nc3nccc(-c4cnc(C)n4C(C)C)n3)cc2)C1. The van der Waals surface area contributed by atoms with Crippen LogP contribution < -0.4 is 10.6 Å². The molecular formula is C23H29N7O. The number of likely N-dealkylation sites (tertiary alicyclic amines) is 1. The highest BCUT2D eigenvalue weighted by atomic mass is 16.2. The minimum absolute atomic E-state index is 0.0693. The van der Waals surface area contributed by atoms with E-state index >= 15 is 0 Å². The fourth-order valence-corrected chi connectivity index (χ4v) is 4.04. The van der Waals surface area contributed by atoms with Gasteiger partial charge in [-0.05, 0) is 64.6 Å². The molecule has 1 fully saturated rings. The third-order valence-corrected chi connectivity index (χ3v) is 5.69. The molecule has 1 aromatic carbocycles. The number of hydrogen-bond donors (Lipinski definition) is 2. The zero-order valence-electron chi connectivity index (χ0n) is 18.5. The number of hydrogen-bond acceptors (Lipinski definition) is 6. The highest BCUT2D eigenvalue weighted by molar-refractivity contribution is 5.94. The number of benzene rings is 1. The van der Waals surface area contributed by atoms with Crippen molar-refractivity contribution in [3.63, 3.8) is 0 Å². The lowest BCUT2D eigenvalue weighted by Crippen LogP contribution is -2.33. The van der Waals surface area contributed by atoms with Crippen LogP contribution in [0.15, 0.2) is 42.7 Å². The van der Waals surface area contributed by atoms with Crippen molar-refractivity contribution in [1.82, 2.24) is 29.7 Å². The van der Waals surface area contributed by atoms with Crippen LogP contribution >= 0.6 is 0 Å². The Morgan fingerprint density at radius 1 is 1.16 bits per heavy atom. The summed E-state index contributed by atoms with van der Waals surface area (Å²) in [5, 5.41) is 6.48. The number of imidazole rings is 1. The molecule has 3 aromatic rings. The molecule has 2 N–H and O–H groups in total. The zero-order valence-corrected chi connectivity index (χ0v) is 18.5. The molecule has 1 amide bonds. The van der Waals surface area contributed by atoms with Gasteiger partial charge in [0.1, 0.15) is 5.82 Å². The van der Waals surface area contributed by atoms with E-state index in [9.17, 15) is 4.79 Å². The van der Waals surface area contributed by atoms with Crippen LogP contribution in [0.1, 0.15) is 42.5 Å². The van der Waals surface area contributed by atoms with Gasteiger partial charge >= 0.3 is 0 Å². The van der Waals surface area contributed by atoms with Crippen LogP contribution in [0.5, 0.6) is 0 Å². The summed E-state index contributed by atoms with van der Waals surface area (Å²) < 4.78 is 2.16. The van der Waals surface area contributed by atoms with E-state index in [1.165, 1.54) is 0 Å². The molecule has 0 unspecified atom stereocenters. The molecule has 2 aromatic heterocycles. The highest BCUT2D eigenvalue weighted by Gasteiger charge is 2.25. The number of carbonyl (C=O) groups is 1. The number of nitrogens with zero attached hydrogens (tertiary/aromatic N) is 5. The van der Waals surface area contributed by atoms with Gasteiger partial charge in [0.15, 0.2) is 0 Å². The Bertz CT molecular complexity index is 1060. The summed E-state index contributed by atoms with van der Waals surface area (Å²) in [6.45, 7) is 7.79. The average Bonchev–Trinajstić information content (AvgIpc) is 3.41. The second kappa shape index (κ2) is 8.85. The van der Waals surface area contributed by atoms with Gasteiger partial charge in [0.05, 0.1) is 17.6 Å². The van der Waals surface area contributed by atoms with Crippen LogP contribution in [0.2, 0.25) is 0 Å². The first-order chi connectivity index (χ1) is 15.0. The average molecular weight is 420 g/mol. The van der Waals surface area contributed by atoms with Crippen molar-refractivity contribution in [3.8, 4) is 11.4 Å². The molecule has 1 atom stereocenters. The van der Waals surface area contributed by atoms with E-state index in [1.807, 2.05) is 55.4 Å². The highest BCUT2D eigenvalue weighted by Crippen LogP contribution is 2.24. The quantitative estimate of drug-likeness (QED) is 0.637. The standard InChI is InChI=1S/C23H29N7O/c1-15(2)30-16(3)26-13-21(30)20-9-11-25-23(28-20)27-18-7-5-17(6-8-18)22(31)29-12-10-19(14-29)24-4/h5-9,11,13,15,19,24H,10,12,14H2,1-4H3,(H,25,27,28)/t19-/m1/s1. The molecule has 162 valence electrons. The molecule has 1 aliphatic heterocycles. The Morgan fingerprint density at radius 3 is 2.61 bits per heavy atom. The summed E-state index contributed by atoms with van der Waals surface area (Å²) >= 11 is 0. The van der Waals surface area contributed by atoms with Crippen molar-refractivity contribution < 1.29 is 4.79 Å². The summed E-state index contributed by atoms with van der Waals surface area (Å²) in [5.41, 5.74) is 3.29. The smallest absolute Gasteiger partial charge is 0.253 e. The Morgan fingerprint density at radius 2 is 1.94 bits per heavy atom. The first kappa shape index (κ1) is 21.0. The maximum Gasteiger partial charge on any atom is 0.253 e. The van der Waals surface area contributed by atoms with E-state index in [2.05, 4.69) is 44.0 Å². The van der Waals surface area contributed by atoms with E-state index in [4.69, 9.17) is 0 Å². The first-order valence-electron chi connectivity index (χ1n) is 10.7. The van der Waals surface area contributed by atoms with E-state index in [0.29, 0.717) is 17.6 Å². The second-order valence-electron chi connectivity index (χ2n) is 8.15. The molecule has 0 aliphatic carbocycles. The van der Waals surface area contributed by atoms with E-state index in [-0.39, 0.29) is 11.9 Å². The normalized spacial score (nSPS) is 16.2. The Labute approximate surface area is 182 Å². The van der Waals surface area contributed by atoms with Crippen molar-refractivity contribution in [2.24, 2.45) is 0 Å². The van der Waals surface area contributed by atoms with Gasteiger partial charge in [-0.2, -0.15) is 0 Å². The van der Waals surface area contributed by atoms with E-state index in [1.54, 1.807) is 6.20 Å². The minimum Gasteiger partial charge on any atom is -0.337 e. The lowest BCUT2D eigenvalue weighted by molar-refractivity contribution is 0.0789. The van der Waals surface area contributed by atoms with Crippen LogP contribution in [0, 0.1) is 6.92 Å². The van der Waals surface area contributed by atoms with Crippen molar-refractivity contribution in [2.75, 3.05) is 25.5 Å². The fourth-order valence-electron chi connectivity index (χ4n) is 4.04. The van der Waals surface area contributed by atoms with Gasteiger partial charge in [-0.3, -0.25) is 4.79 Å². The van der Waals surface area contributed by atoms with Crippen LogP contribution in [-0.2, 0) is 0 Å². The third kappa shape index (κ3) is 4.44. The van der Waals surface area contributed by atoms with Crippen molar-refractivity contribution in [2.45, 2.75) is 39.3 Å². The molecule has 3 heterocycles. The number of amides is 1. The number of anilines is 2. The van der Waals surface area contributed by atoms with Gasteiger partial charge in [-0.15, -0.1) is 0 Å². The molecular weight excluding hydrogens is 390 g/mol. The Balaban J connectivity index is 1.48. The fraction of sp³-hybridized carbons (Fsp3) is 0.391. The zero-order chi connectivity index (χ0) is 22.0. The summed E-state index contributed by atoms with van der Waals surface area (Å²) in [6.07, 6.45) is 4.57. The van der Waals surface area contributed by atoms with Crippen molar-refractivity contribution >= 4 is 17.5 Å². The van der Waals surface area contributed by atoms with Gasteiger partial charge in [0.25, 0.3) is 5.91 Å². The molecule has 1 saturated heterocycles. The number of aromatic nitrogens is 4. The molecule has 8 nitrogen and oxygen atoms in total. The number of carbonyl (C=O) groups excluding carboxylic acids is 1. The van der Waals surface area contributed by atoms with Crippen LogP contribution in [0.25, 0.3) is 11.4 Å². The number of nitrogens with one attached hydrogen (secondary N) is 2. The third-order valence-electron chi connectivity index (χ3n) is 5.69. The first-order valence-corrected chi connectivity index (χ1v) is 10.7. The molecule has 31 heavy (non-hydrogen) atoms. The van der Waals surface area contributed by atoms with E-state index in [0.717, 1.165) is 42.4 Å². The van der Waals surface area contributed by atoms with Crippen molar-refractivity contribution in [1.29, 1.82) is 0 Å². The lowest BCUT2D eigenvalue weighted by Gasteiger charge is -2.17. The molecule has 0 bridgehead atoms. The topological polar surface area (TPSA) is 88.0 Å². The second-order valence-corrected chi connectivity index (χ2v) is 8.15. The maximum absolute atomic E-state index is 12.7. The Hall–Kier alpha value is -3.26. The number of likely N-dealkylation sites (N-methyl/N-ethyl adjacent to an activating group) is 1. The van der Waals surface area contributed by atoms with E-state index < -0.39 is 0 Å². The number of rotatable bonds is 6. The minimum atomic E-state index is 0.0693. The molecule has 0 spiro atoms. The Kier molecular flexibility index (Phi) is 5.99. The van der Waals surface area contributed by atoms with Crippen molar-refractivity contribution in [3.05, 3.63) is 54.1 Å². The summed E-state index contributed by atoms with van der Waals surface area (Å²) in [5.74, 6) is 1.53. The summed E-state index contributed by atoms with van der Waals surface area (Å²) in [6, 6.07) is 10.0. The summed E-state index contributed by atoms with van der Waals surface area (Å²) in [4.78, 5) is 28.1.